The maximum Gasteiger partial charge on any atom is 0.319 e. The Balaban J connectivity index is 2.76. The van der Waals surface area contributed by atoms with Crippen LogP contribution in [0.2, 0.25) is 0 Å². The van der Waals surface area contributed by atoms with Gasteiger partial charge in [0.25, 0.3) is 0 Å². The van der Waals surface area contributed by atoms with Crippen LogP contribution in [0.25, 0.3) is 0 Å². The molecule has 0 fully saturated rings. The zero-order valence-corrected chi connectivity index (χ0v) is 11.0. The minimum absolute atomic E-state index is 0.0400. The molecule has 0 heterocycles. The Morgan fingerprint density at radius 3 is 2.67 bits per heavy atom. The molecule has 0 spiro atoms. The molecule has 0 aliphatic heterocycles. The quantitative estimate of drug-likeness (QED) is 0.795. The standard InChI is InChI=1S/C14H18N2O2/c1-15(2)14(18)16(3)11-13-7-4-6-12(10-13)8-5-9-17/h4,6-7,10,17H,9,11H2,1-3H3. The van der Waals surface area contributed by atoms with Gasteiger partial charge in [-0.15, -0.1) is 0 Å². The van der Waals surface area contributed by atoms with Crippen molar-refractivity contribution in [2.45, 2.75) is 6.54 Å². The Kier molecular flexibility index (Phi) is 5.22. The van der Waals surface area contributed by atoms with Gasteiger partial charge in [-0.2, -0.15) is 0 Å². The van der Waals surface area contributed by atoms with Crippen LogP contribution in [0.15, 0.2) is 24.3 Å². The third-order valence-corrected chi connectivity index (χ3v) is 2.37. The van der Waals surface area contributed by atoms with Gasteiger partial charge in [0.15, 0.2) is 0 Å². The highest BCUT2D eigenvalue weighted by molar-refractivity contribution is 5.73. The fraction of sp³-hybridized carbons (Fsp3) is 0.357. The molecule has 0 saturated heterocycles. The number of carbonyl (C=O) groups is 1. The van der Waals surface area contributed by atoms with Gasteiger partial charge in [-0.3, -0.25) is 0 Å². The first-order chi connectivity index (χ1) is 8.54. The van der Waals surface area contributed by atoms with E-state index in [1.165, 1.54) is 4.90 Å². The molecule has 0 atom stereocenters. The van der Waals surface area contributed by atoms with Crippen LogP contribution in [-0.4, -0.2) is 48.7 Å². The van der Waals surface area contributed by atoms with E-state index >= 15 is 0 Å². The maximum atomic E-state index is 11.7. The lowest BCUT2D eigenvalue weighted by molar-refractivity contribution is 0.180. The first-order valence-corrected chi connectivity index (χ1v) is 5.65. The smallest absolute Gasteiger partial charge is 0.319 e. The highest BCUT2D eigenvalue weighted by Crippen LogP contribution is 2.07. The summed E-state index contributed by atoms with van der Waals surface area (Å²) in [5, 5.41) is 8.64. The molecule has 1 N–H and O–H groups in total. The summed E-state index contributed by atoms with van der Waals surface area (Å²) in [5.74, 6) is 5.45. The van der Waals surface area contributed by atoms with Gasteiger partial charge in [0, 0.05) is 33.3 Å². The lowest BCUT2D eigenvalue weighted by Gasteiger charge is -2.21. The minimum atomic E-state index is -0.150. The van der Waals surface area contributed by atoms with E-state index in [0.29, 0.717) is 6.54 Å². The molecule has 0 saturated carbocycles. The van der Waals surface area contributed by atoms with Gasteiger partial charge in [0.05, 0.1) is 0 Å². The van der Waals surface area contributed by atoms with Gasteiger partial charge < -0.3 is 14.9 Å². The lowest BCUT2D eigenvalue weighted by Crippen LogP contribution is -2.35. The molecule has 0 aliphatic carbocycles. The average molecular weight is 246 g/mol. The van der Waals surface area contributed by atoms with E-state index in [9.17, 15) is 4.79 Å². The number of nitrogens with zero attached hydrogens (tertiary/aromatic N) is 2. The predicted molar refractivity (Wildman–Crippen MR) is 71.0 cm³/mol. The summed E-state index contributed by atoms with van der Waals surface area (Å²) in [7, 11) is 5.21. The van der Waals surface area contributed by atoms with Crippen molar-refractivity contribution in [3.8, 4) is 11.8 Å². The van der Waals surface area contributed by atoms with E-state index < -0.39 is 0 Å². The number of hydrogen-bond acceptors (Lipinski definition) is 2. The van der Waals surface area contributed by atoms with E-state index in [4.69, 9.17) is 5.11 Å². The van der Waals surface area contributed by atoms with Crippen LogP contribution in [0.3, 0.4) is 0 Å². The minimum Gasteiger partial charge on any atom is -0.384 e. The van der Waals surface area contributed by atoms with Crippen molar-refractivity contribution in [1.82, 2.24) is 9.80 Å². The molecule has 18 heavy (non-hydrogen) atoms. The van der Waals surface area contributed by atoms with Crippen molar-refractivity contribution >= 4 is 6.03 Å². The van der Waals surface area contributed by atoms with Crippen LogP contribution in [0.5, 0.6) is 0 Å². The highest BCUT2D eigenvalue weighted by Gasteiger charge is 2.10. The average Bonchev–Trinajstić information content (AvgIpc) is 2.35. The molecule has 4 heteroatoms. The Bertz CT molecular complexity index is 472. The zero-order chi connectivity index (χ0) is 13.5. The van der Waals surface area contributed by atoms with Crippen molar-refractivity contribution in [3.63, 3.8) is 0 Å². The SMILES string of the molecule is CN(C)C(=O)N(C)Cc1cccc(C#CCO)c1. The summed E-state index contributed by atoms with van der Waals surface area (Å²) in [6.45, 7) is 0.384. The Labute approximate surface area is 108 Å². The zero-order valence-electron chi connectivity index (χ0n) is 11.0. The molecule has 2 amide bonds. The first-order valence-electron chi connectivity index (χ1n) is 5.65. The second-order valence-corrected chi connectivity index (χ2v) is 4.19. The molecule has 0 radical (unpaired) electrons. The third kappa shape index (κ3) is 4.11. The number of hydrogen-bond donors (Lipinski definition) is 1. The van der Waals surface area contributed by atoms with E-state index in [0.717, 1.165) is 11.1 Å². The summed E-state index contributed by atoms with van der Waals surface area (Å²) in [5.41, 5.74) is 1.85. The monoisotopic (exact) mass is 246 g/mol. The second kappa shape index (κ2) is 6.67. The molecule has 1 aromatic carbocycles. The van der Waals surface area contributed by atoms with Crippen LogP contribution in [0.4, 0.5) is 4.79 Å². The summed E-state index contributed by atoms with van der Waals surface area (Å²) in [6.07, 6.45) is 0. The number of benzene rings is 1. The first kappa shape index (κ1) is 14.1. The number of amides is 2. The molecule has 0 aromatic heterocycles. The van der Waals surface area contributed by atoms with E-state index in [1.54, 1.807) is 26.0 Å². The fourth-order valence-corrected chi connectivity index (χ4v) is 1.57. The van der Waals surface area contributed by atoms with Crippen LogP contribution in [0.1, 0.15) is 11.1 Å². The normalized spacial score (nSPS) is 9.33. The molecule has 96 valence electrons. The third-order valence-electron chi connectivity index (χ3n) is 2.37. The Morgan fingerprint density at radius 2 is 2.06 bits per heavy atom. The number of urea groups is 1. The number of aliphatic hydroxyl groups is 1. The summed E-state index contributed by atoms with van der Waals surface area (Å²) < 4.78 is 0. The fourth-order valence-electron chi connectivity index (χ4n) is 1.57. The Morgan fingerprint density at radius 1 is 1.33 bits per heavy atom. The summed E-state index contributed by atoms with van der Waals surface area (Å²) >= 11 is 0. The molecule has 1 aromatic rings. The van der Waals surface area contributed by atoms with Crippen molar-refractivity contribution in [1.29, 1.82) is 0 Å². The van der Waals surface area contributed by atoms with Gasteiger partial charge in [0.2, 0.25) is 0 Å². The number of carbonyl (C=O) groups excluding carboxylic acids is 1. The van der Waals surface area contributed by atoms with Crippen LogP contribution in [-0.2, 0) is 6.54 Å². The van der Waals surface area contributed by atoms with E-state index in [1.807, 2.05) is 24.3 Å². The topological polar surface area (TPSA) is 43.8 Å². The van der Waals surface area contributed by atoms with Crippen LogP contribution >= 0.6 is 0 Å². The lowest BCUT2D eigenvalue weighted by atomic mass is 10.1. The molecule has 0 unspecified atom stereocenters. The highest BCUT2D eigenvalue weighted by atomic mass is 16.2. The Hall–Kier alpha value is -1.99. The van der Waals surface area contributed by atoms with E-state index in [-0.39, 0.29) is 12.6 Å². The maximum absolute atomic E-state index is 11.7. The van der Waals surface area contributed by atoms with E-state index in [2.05, 4.69) is 11.8 Å². The number of aliphatic hydroxyl groups excluding tert-OH is 1. The molecule has 0 aliphatic rings. The summed E-state index contributed by atoms with van der Waals surface area (Å²) in [4.78, 5) is 14.9. The molecule has 1 rings (SSSR count). The van der Waals surface area contributed by atoms with Crippen LogP contribution in [0, 0.1) is 11.8 Å². The molecular weight excluding hydrogens is 228 g/mol. The van der Waals surface area contributed by atoms with Crippen molar-refractivity contribution in [2.24, 2.45) is 0 Å². The van der Waals surface area contributed by atoms with Crippen molar-refractivity contribution in [2.75, 3.05) is 27.7 Å². The van der Waals surface area contributed by atoms with Gasteiger partial charge in [-0.05, 0) is 17.7 Å². The second-order valence-electron chi connectivity index (χ2n) is 4.19. The van der Waals surface area contributed by atoms with Crippen molar-refractivity contribution in [3.05, 3.63) is 35.4 Å². The molecule has 0 bridgehead atoms. The van der Waals surface area contributed by atoms with Crippen molar-refractivity contribution < 1.29 is 9.90 Å². The summed E-state index contributed by atoms with van der Waals surface area (Å²) in [6, 6.07) is 7.60. The number of rotatable bonds is 2. The van der Waals surface area contributed by atoms with Crippen LogP contribution < -0.4 is 0 Å². The van der Waals surface area contributed by atoms with Gasteiger partial charge in [-0.25, -0.2) is 4.79 Å². The van der Waals surface area contributed by atoms with Gasteiger partial charge in [0.1, 0.15) is 6.61 Å². The van der Waals surface area contributed by atoms with Gasteiger partial charge >= 0.3 is 6.03 Å². The molecular formula is C14H18N2O2. The largest absolute Gasteiger partial charge is 0.384 e. The van der Waals surface area contributed by atoms with Gasteiger partial charge in [-0.1, -0.05) is 24.0 Å². The predicted octanol–water partition coefficient (Wildman–Crippen LogP) is 1.14. The molecule has 4 nitrogen and oxygen atoms in total.